The maximum Gasteiger partial charge on any atom is 0.333 e. The fourth-order valence-corrected chi connectivity index (χ4v) is 10.3. The summed E-state index contributed by atoms with van der Waals surface area (Å²) in [5.74, 6) is -6.85. The molecule has 2 bridgehead atoms. The van der Waals surface area contributed by atoms with Crippen LogP contribution in [0, 0.1) is 40.4 Å². The Balaban J connectivity index is 1.96. The molecule has 1 saturated heterocycles. The van der Waals surface area contributed by atoms with Crippen LogP contribution in [0.1, 0.15) is 89.0 Å². The van der Waals surface area contributed by atoms with E-state index in [2.05, 4.69) is 13.8 Å². The number of ether oxygens (including phenoxy) is 7. The highest BCUT2D eigenvalue weighted by Gasteiger charge is 2.89. The van der Waals surface area contributed by atoms with E-state index in [-0.39, 0.29) is 29.2 Å². The number of carbonyl (C=O) groups is 6. The summed E-state index contributed by atoms with van der Waals surface area (Å²) in [6, 6.07) is 0. The van der Waals surface area contributed by atoms with E-state index in [9.17, 15) is 28.8 Å². The molecule has 0 amide bonds. The third-order valence-corrected chi connectivity index (χ3v) is 11.8. The topological polar surface area (TPSA) is 167 Å². The SMILES string of the molecule is C/C=C(\C)C(=O)O[C@@H]1[C@H]2[C@@H](OC(C)=O)[C@@H](C)CC2(OC(C)=O)[C@H](OC(C)=O)[C@@]2(C)O[C@H](OC(C)=O)C13C(OC(C)=O)C[C@H]1[C@@H]([C@H]32)C1(C)C. The Morgan fingerprint density at radius 1 is 0.750 bits per heavy atom. The fourth-order valence-electron chi connectivity index (χ4n) is 10.3. The van der Waals surface area contributed by atoms with Crippen LogP contribution in [0.15, 0.2) is 11.6 Å². The van der Waals surface area contributed by atoms with E-state index < -0.39 is 101 Å². The molecular formula is C35H48O13. The number of allylic oxidation sites excluding steroid dienone is 1. The van der Waals surface area contributed by atoms with Crippen molar-refractivity contribution in [2.45, 2.75) is 131 Å². The van der Waals surface area contributed by atoms with E-state index in [1.165, 1.54) is 34.6 Å². The van der Waals surface area contributed by atoms with Gasteiger partial charge < -0.3 is 33.2 Å². The van der Waals surface area contributed by atoms with Crippen LogP contribution >= 0.6 is 0 Å². The molecule has 5 aliphatic rings. The zero-order valence-electron chi connectivity index (χ0n) is 29.6. The van der Waals surface area contributed by atoms with Gasteiger partial charge in [0.15, 0.2) is 11.7 Å². The first-order valence-corrected chi connectivity index (χ1v) is 16.6. The molecular weight excluding hydrogens is 628 g/mol. The van der Waals surface area contributed by atoms with Crippen molar-refractivity contribution in [2.75, 3.05) is 0 Å². The average Bonchev–Trinajstić information content (AvgIpc) is 3.24. The van der Waals surface area contributed by atoms with E-state index in [1.54, 1.807) is 33.8 Å². The number of hydrogen-bond acceptors (Lipinski definition) is 13. The van der Waals surface area contributed by atoms with E-state index in [4.69, 9.17) is 33.2 Å². The first-order valence-electron chi connectivity index (χ1n) is 16.6. The van der Waals surface area contributed by atoms with Crippen molar-refractivity contribution in [1.29, 1.82) is 0 Å². The largest absolute Gasteiger partial charge is 0.462 e. The van der Waals surface area contributed by atoms with Gasteiger partial charge in [-0.1, -0.05) is 26.8 Å². The highest BCUT2D eigenvalue weighted by molar-refractivity contribution is 5.88. The van der Waals surface area contributed by atoms with E-state index in [1.807, 2.05) is 0 Å². The zero-order chi connectivity index (χ0) is 35.9. The van der Waals surface area contributed by atoms with Crippen LogP contribution in [0.5, 0.6) is 0 Å². The Labute approximate surface area is 280 Å². The molecule has 0 N–H and O–H groups in total. The Hall–Kier alpha value is -3.48. The van der Waals surface area contributed by atoms with Crippen LogP contribution in [0.3, 0.4) is 0 Å². The Bertz CT molecular complexity index is 1450. The zero-order valence-corrected chi connectivity index (χ0v) is 29.6. The lowest BCUT2D eigenvalue weighted by molar-refractivity contribution is -0.292. The van der Waals surface area contributed by atoms with Gasteiger partial charge >= 0.3 is 35.8 Å². The van der Waals surface area contributed by atoms with Gasteiger partial charge in [-0.05, 0) is 56.8 Å². The normalized spacial score (nSPS) is 43.3. The molecule has 1 aliphatic heterocycles. The maximum atomic E-state index is 14.0. The van der Waals surface area contributed by atoms with Crippen LogP contribution in [0.2, 0.25) is 0 Å². The first kappa shape index (κ1) is 35.8. The number of rotatable bonds is 7. The van der Waals surface area contributed by atoms with E-state index in [0.717, 1.165) is 0 Å². The second-order valence-corrected chi connectivity index (χ2v) is 15.1. The van der Waals surface area contributed by atoms with Gasteiger partial charge in [0, 0.05) is 46.1 Å². The van der Waals surface area contributed by atoms with E-state index in [0.29, 0.717) is 6.42 Å². The Morgan fingerprint density at radius 2 is 1.33 bits per heavy atom. The molecule has 0 aromatic rings. The van der Waals surface area contributed by atoms with Crippen LogP contribution in [-0.4, -0.2) is 77.7 Å². The molecule has 5 rings (SSSR count). The minimum Gasteiger partial charge on any atom is -0.462 e. The summed E-state index contributed by atoms with van der Waals surface area (Å²) in [4.78, 5) is 78.8. The summed E-state index contributed by atoms with van der Waals surface area (Å²) >= 11 is 0. The molecule has 13 atom stereocenters. The third kappa shape index (κ3) is 5.13. The molecule has 0 spiro atoms. The van der Waals surface area contributed by atoms with Gasteiger partial charge in [0.2, 0.25) is 6.29 Å². The number of hydrogen-bond donors (Lipinski definition) is 0. The maximum absolute atomic E-state index is 14.0. The molecule has 13 nitrogen and oxygen atoms in total. The molecule has 4 aliphatic carbocycles. The van der Waals surface area contributed by atoms with Gasteiger partial charge in [-0.3, -0.25) is 24.0 Å². The third-order valence-electron chi connectivity index (χ3n) is 11.8. The van der Waals surface area contributed by atoms with Gasteiger partial charge in [-0.25, -0.2) is 4.79 Å². The lowest BCUT2D eigenvalue weighted by Crippen LogP contribution is -2.66. The van der Waals surface area contributed by atoms with Crippen molar-refractivity contribution in [2.24, 2.45) is 40.4 Å². The highest BCUT2D eigenvalue weighted by atomic mass is 16.7. The molecule has 0 aromatic heterocycles. The molecule has 3 unspecified atom stereocenters. The Kier molecular flexibility index (Phi) is 8.83. The molecule has 1 heterocycles. The van der Waals surface area contributed by atoms with Gasteiger partial charge in [0.25, 0.3) is 0 Å². The van der Waals surface area contributed by atoms with Crippen molar-refractivity contribution in [3.8, 4) is 0 Å². The number of carbonyl (C=O) groups excluding carboxylic acids is 6. The molecule has 5 fully saturated rings. The predicted octanol–water partition coefficient (Wildman–Crippen LogP) is 3.59. The van der Waals surface area contributed by atoms with Crippen molar-refractivity contribution in [1.82, 2.24) is 0 Å². The molecule has 13 heteroatoms. The summed E-state index contributed by atoms with van der Waals surface area (Å²) in [5, 5.41) is 0. The average molecular weight is 677 g/mol. The number of esters is 6. The lowest BCUT2D eigenvalue weighted by Gasteiger charge is -2.52. The van der Waals surface area contributed by atoms with Gasteiger partial charge in [0.1, 0.15) is 29.3 Å². The van der Waals surface area contributed by atoms with E-state index >= 15 is 0 Å². The first-order chi connectivity index (χ1) is 22.2. The van der Waals surface area contributed by atoms with Gasteiger partial charge in [0.05, 0.1) is 5.92 Å². The molecule has 48 heavy (non-hydrogen) atoms. The smallest absolute Gasteiger partial charge is 0.333 e. The van der Waals surface area contributed by atoms with Gasteiger partial charge in [-0.2, -0.15) is 0 Å². The monoisotopic (exact) mass is 676 g/mol. The second kappa shape index (κ2) is 11.8. The van der Waals surface area contributed by atoms with Gasteiger partial charge in [-0.15, -0.1) is 0 Å². The summed E-state index contributed by atoms with van der Waals surface area (Å²) in [6.07, 6.45) is -4.49. The van der Waals surface area contributed by atoms with Crippen molar-refractivity contribution >= 4 is 35.8 Å². The Morgan fingerprint density at radius 3 is 1.85 bits per heavy atom. The number of fused-ring (bicyclic) bond motifs is 2. The highest BCUT2D eigenvalue weighted by Crippen LogP contribution is 2.80. The molecule has 4 saturated carbocycles. The van der Waals surface area contributed by atoms with Crippen molar-refractivity contribution < 1.29 is 61.9 Å². The van der Waals surface area contributed by atoms with Crippen LogP contribution in [0.25, 0.3) is 0 Å². The quantitative estimate of drug-likeness (QED) is 0.218. The minimum absolute atomic E-state index is 0.0172. The summed E-state index contributed by atoms with van der Waals surface area (Å²) in [7, 11) is 0. The summed E-state index contributed by atoms with van der Waals surface area (Å²) in [5.41, 5.74) is -5.12. The summed E-state index contributed by atoms with van der Waals surface area (Å²) in [6.45, 7) is 17.0. The van der Waals surface area contributed by atoms with Crippen LogP contribution < -0.4 is 0 Å². The molecule has 0 radical (unpaired) electrons. The van der Waals surface area contributed by atoms with Crippen LogP contribution in [-0.2, 0) is 61.9 Å². The van der Waals surface area contributed by atoms with Crippen LogP contribution in [0.4, 0.5) is 0 Å². The second-order valence-electron chi connectivity index (χ2n) is 15.1. The van der Waals surface area contributed by atoms with Crippen molar-refractivity contribution in [3.63, 3.8) is 0 Å². The fraction of sp³-hybridized carbons (Fsp3) is 0.771. The standard InChI is InChI=1S/C35H48O13/c1-12-15(2)29(41)46-28-25-26(43-18(5)37)16(3)14-34(25,47-21(8)40)30(44-19(6)38)33(11)27-24-22(32(24,9)10)13-23(42-17(4)36)35(27,28)31(48-33)45-20(7)39/h12,16,22-28,30-31H,13-14H2,1-11H3/b15-12+/t16-,22-,23?,24-,25+,26-,27-,28+,30+,31-,33-,34?,35?/m0/s1. The predicted molar refractivity (Wildman–Crippen MR) is 164 cm³/mol. The molecule has 0 aromatic carbocycles. The van der Waals surface area contributed by atoms with Crippen molar-refractivity contribution in [3.05, 3.63) is 11.6 Å². The minimum atomic E-state index is -1.78. The molecule has 266 valence electrons. The lowest BCUT2D eigenvalue weighted by atomic mass is 9.56. The summed E-state index contributed by atoms with van der Waals surface area (Å²) < 4.78 is 44.1.